The largest absolute Gasteiger partial charge is 0.455 e. The number of nitrogens with zero attached hydrogens (tertiary/aromatic N) is 2. The van der Waals surface area contributed by atoms with Crippen molar-refractivity contribution in [3.05, 3.63) is 90.0 Å². The minimum Gasteiger partial charge on any atom is -0.455 e. The molecule has 3 aliphatic heterocycles. The Bertz CT molecular complexity index is 1530. The summed E-state index contributed by atoms with van der Waals surface area (Å²) in [5.74, 6) is -3.68. The van der Waals surface area contributed by atoms with Crippen LogP contribution in [0.2, 0.25) is 5.02 Å². The van der Waals surface area contributed by atoms with Gasteiger partial charge in [0.15, 0.2) is 0 Å². The van der Waals surface area contributed by atoms with Crippen molar-refractivity contribution in [2.45, 2.75) is 75.8 Å². The number of esters is 1. The quantitative estimate of drug-likeness (QED) is 0.207. The number of carbonyl (C=O) groups excluding carboxylic acids is 4. The Kier molecular flexibility index (Phi) is 11.1. The maximum atomic E-state index is 14.8. The number of nitrogens with one attached hydrogen (secondary N) is 1. The zero-order valence-corrected chi connectivity index (χ0v) is 28.2. The van der Waals surface area contributed by atoms with E-state index in [2.05, 4.69) is 18.5 Å². The zero-order chi connectivity index (χ0) is 34.6. The van der Waals surface area contributed by atoms with E-state index in [1.165, 1.54) is 9.80 Å². The molecule has 3 amide bonds. The van der Waals surface area contributed by atoms with Gasteiger partial charge < -0.3 is 29.7 Å². The van der Waals surface area contributed by atoms with Crippen LogP contribution in [0.3, 0.4) is 0 Å². The number of hydrogen-bond acceptors (Lipinski definition) is 7. The number of anilines is 1. The van der Waals surface area contributed by atoms with Gasteiger partial charge >= 0.3 is 5.97 Å². The molecule has 48 heavy (non-hydrogen) atoms. The van der Waals surface area contributed by atoms with Crippen molar-refractivity contribution in [1.29, 1.82) is 0 Å². The third kappa shape index (κ3) is 6.41. The number of allylic oxidation sites excluding steroid dienone is 1. The molecule has 256 valence electrons. The third-order valence-corrected chi connectivity index (χ3v) is 10.2. The van der Waals surface area contributed by atoms with Gasteiger partial charge in [0.1, 0.15) is 17.7 Å². The predicted octanol–water partition coefficient (Wildman–Crippen LogP) is 4.68. The van der Waals surface area contributed by atoms with Crippen LogP contribution in [0.5, 0.6) is 0 Å². The zero-order valence-electron chi connectivity index (χ0n) is 27.5. The van der Waals surface area contributed by atoms with Crippen LogP contribution in [0.1, 0.15) is 56.3 Å². The van der Waals surface area contributed by atoms with Crippen molar-refractivity contribution < 1.29 is 33.8 Å². The van der Waals surface area contributed by atoms with Gasteiger partial charge in [-0.3, -0.25) is 19.2 Å². The number of rotatable bonds is 15. The van der Waals surface area contributed by atoms with E-state index in [4.69, 9.17) is 21.1 Å². The first kappa shape index (κ1) is 35.3. The van der Waals surface area contributed by atoms with Gasteiger partial charge in [-0.1, -0.05) is 73.1 Å². The number of amides is 3. The normalized spacial score (nSPS) is 25.2. The number of benzene rings is 2. The molecule has 5 rings (SSSR count). The highest BCUT2D eigenvalue weighted by atomic mass is 35.5. The Morgan fingerprint density at radius 3 is 2.58 bits per heavy atom. The van der Waals surface area contributed by atoms with E-state index in [9.17, 15) is 24.3 Å². The number of ether oxygens (including phenoxy) is 2. The average Bonchev–Trinajstić information content (AvgIpc) is 3.73. The van der Waals surface area contributed by atoms with Crippen molar-refractivity contribution in [2.24, 2.45) is 11.8 Å². The second-order valence-electron chi connectivity index (χ2n) is 12.7. The predicted molar refractivity (Wildman–Crippen MR) is 182 cm³/mol. The molecule has 0 aromatic heterocycles. The molecule has 2 aromatic carbocycles. The van der Waals surface area contributed by atoms with Gasteiger partial charge in [-0.05, 0) is 49.8 Å². The molecule has 10 nitrogen and oxygen atoms in total. The molecular formula is C37H44ClN3O7. The van der Waals surface area contributed by atoms with Crippen molar-refractivity contribution in [2.75, 3.05) is 24.6 Å². The lowest BCUT2D eigenvalue weighted by Gasteiger charge is -2.39. The molecule has 7 atom stereocenters. The number of fused-ring (bicyclic) bond motifs is 1. The Morgan fingerprint density at radius 1 is 1.19 bits per heavy atom. The van der Waals surface area contributed by atoms with E-state index in [1.807, 2.05) is 50.2 Å². The van der Waals surface area contributed by atoms with Crippen LogP contribution in [0, 0.1) is 18.8 Å². The fraction of sp³-hybridized carbons (Fsp3) is 0.459. The summed E-state index contributed by atoms with van der Waals surface area (Å²) < 4.78 is 12.7. The summed E-state index contributed by atoms with van der Waals surface area (Å²) in [4.78, 5) is 58.9. The van der Waals surface area contributed by atoms with Crippen molar-refractivity contribution in [1.82, 2.24) is 10.2 Å². The molecule has 11 heteroatoms. The van der Waals surface area contributed by atoms with E-state index in [1.54, 1.807) is 24.3 Å². The summed E-state index contributed by atoms with van der Waals surface area (Å²) in [7, 11) is 0. The highest BCUT2D eigenvalue weighted by Gasteiger charge is 2.75. The van der Waals surface area contributed by atoms with Gasteiger partial charge in [0.25, 0.3) is 5.91 Å². The van der Waals surface area contributed by atoms with Crippen molar-refractivity contribution >= 4 is 41.0 Å². The molecule has 0 aliphatic carbocycles. The Hall–Kier alpha value is -3.99. The van der Waals surface area contributed by atoms with Crippen LogP contribution in [-0.4, -0.2) is 77.2 Å². The van der Waals surface area contributed by atoms with Crippen LogP contribution in [-0.2, 0) is 28.7 Å². The summed E-state index contributed by atoms with van der Waals surface area (Å²) >= 11 is 6.64. The molecule has 2 bridgehead atoms. The van der Waals surface area contributed by atoms with E-state index in [-0.39, 0.29) is 32.0 Å². The lowest BCUT2D eigenvalue weighted by Crippen LogP contribution is -2.59. The molecule has 0 radical (unpaired) electrons. The third-order valence-electron chi connectivity index (χ3n) is 9.85. The molecule has 3 aliphatic rings. The van der Waals surface area contributed by atoms with Gasteiger partial charge in [0, 0.05) is 13.0 Å². The van der Waals surface area contributed by atoms with Gasteiger partial charge in [0.2, 0.25) is 11.8 Å². The molecule has 2 N–H and O–H groups in total. The van der Waals surface area contributed by atoms with E-state index < -0.39 is 59.5 Å². The Balaban J connectivity index is 1.50. The highest BCUT2D eigenvalue weighted by molar-refractivity contribution is 6.34. The topological polar surface area (TPSA) is 125 Å². The molecule has 0 unspecified atom stereocenters. The lowest BCUT2D eigenvalue weighted by atomic mass is 9.70. The molecular weight excluding hydrogens is 634 g/mol. The van der Waals surface area contributed by atoms with Crippen LogP contribution >= 0.6 is 11.6 Å². The van der Waals surface area contributed by atoms with E-state index >= 15 is 0 Å². The van der Waals surface area contributed by atoms with Crippen LogP contribution in [0.4, 0.5) is 5.69 Å². The number of likely N-dealkylation sites (tertiary alicyclic amines) is 1. The Labute approximate surface area is 286 Å². The number of aryl methyl sites for hydroxylation is 1. The van der Waals surface area contributed by atoms with E-state index in [0.29, 0.717) is 42.0 Å². The van der Waals surface area contributed by atoms with Gasteiger partial charge in [-0.25, -0.2) is 0 Å². The monoisotopic (exact) mass is 677 g/mol. The standard InChI is InChI=1S/C37H44ClN3O7/c1-5-8-17-29(43)39-21-28(24-14-10-9-11-15-24)47-36(46)30-27-18-19-37(48-27)31(30)34(44)41(25(7-3)22-42)33(37)35(45)40(20-6-2)32-23(4)13-12-16-26(32)38/h5-6,9-16,25,27-28,30-31,33,42H,1-2,7-8,17-22H2,3-4H3,(H,39,43)/t25-,27+,28-,30-,31-,33+,37-/m0/s1. The molecule has 3 heterocycles. The molecule has 2 aromatic rings. The van der Waals surface area contributed by atoms with Gasteiger partial charge in [-0.15, -0.1) is 13.2 Å². The number of hydrogen-bond donors (Lipinski definition) is 2. The summed E-state index contributed by atoms with van der Waals surface area (Å²) in [6.45, 7) is 11.0. The summed E-state index contributed by atoms with van der Waals surface area (Å²) in [5, 5.41) is 13.6. The fourth-order valence-electron chi connectivity index (χ4n) is 7.62. The number of aliphatic hydroxyl groups is 1. The van der Waals surface area contributed by atoms with E-state index in [0.717, 1.165) is 5.56 Å². The minimum atomic E-state index is -1.32. The van der Waals surface area contributed by atoms with Crippen LogP contribution in [0.15, 0.2) is 73.8 Å². The van der Waals surface area contributed by atoms with Crippen molar-refractivity contribution in [3.63, 3.8) is 0 Å². The number of carbonyl (C=O) groups is 4. The molecule has 3 saturated heterocycles. The Morgan fingerprint density at radius 2 is 1.94 bits per heavy atom. The first-order valence-corrected chi connectivity index (χ1v) is 16.9. The average molecular weight is 678 g/mol. The SMILES string of the molecule is C=CCCC(=O)NC[C@H](OC(=O)[C@@H]1[C@H]2C(=O)N([C@@H](CC)CO)[C@H](C(=O)N(CC=C)c3c(C)cccc3Cl)[C@]23CC[C@H]1O3)c1ccccc1. The van der Waals surface area contributed by atoms with Gasteiger partial charge in [-0.2, -0.15) is 0 Å². The first-order chi connectivity index (χ1) is 23.1. The van der Waals surface area contributed by atoms with Crippen molar-refractivity contribution in [3.8, 4) is 0 Å². The summed E-state index contributed by atoms with van der Waals surface area (Å²) in [6.07, 6.45) is 3.74. The fourth-order valence-corrected chi connectivity index (χ4v) is 7.94. The maximum Gasteiger partial charge on any atom is 0.313 e. The minimum absolute atomic E-state index is 0.0388. The second-order valence-corrected chi connectivity index (χ2v) is 13.1. The number of halogens is 1. The second kappa shape index (κ2) is 15.1. The lowest BCUT2D eigenvalue weighted by molar-refractivity contribution is -0.161. The molecule has 1 spiro atoms. The van der Waals surface area contributed by atoms with Crippen LogP contribution in [0.25, 0.3) is 0 Å². The van der Waals surface area contributed by atoms with Gasteiger partial charge in [0.05, 0.1) is 47.8 Å². The molecule has 3 fully saturated rings. The number of para-hydroxylation sites is 1. The molecule has 0 saturated carbocycles. The smallest absolute Gasteiger partial charge is 0.313 e. The number of aliphatic hydroxyl groups excluding tert-OH is 1. The summed E-state index contributed by atoms with van der Waals surface area (Å²) in [5.41, 5.74) is 0.625. The first-order valence-electron chi connectivity index (χ1n) is 16.5. The maximum absolute atomic E-state index is 14.8. The highest BCUT2D eigenvalue weighted by Crippen LogP contribution is 2.59. The van der Waals surface area contributed by atoms with Crippen LogP contribution < -0.4 is 10.2 Å². The summed E-state index contributed by atoms with van der Waals surface area (Å²) in [6, 6.07) is 12.6.